The van der Waals surface area contributed by atoms with Gasteiger partial charge in [-0.15, -0.1) is 10.2 Å². The number of aryl methyl sites for hydroxylation is 1. The summed E-state index contributed by atoms with van der Waals surface area (Å²) in [6.07, 6.45) is 0. The van der Waals surface area contributed by atoms with E-state index in [9.17, 15) is 4.79 Å². The van der Waals surface area contributed by atoms with E-state index in [1.54, 1.807) is 0 Å². The van der Waals surface area contributed by atoms with Gasteiger partial charge in [-0.25, -0.2) is 4.68 Å². The molecule has 3 aromatic rings. The van der Waals surface area contributed by atoms with Crippen molar-refractivity contribution in [3.8, 4) is 0 Å². The third-order valence-corrected chi connectivity index (χ3v) is 5.59. The van der Waals surface area contributed by atoms with Crippen molar-refractivity contribution in [3.05, 3.63) is 71.0 Å². The Hall–Kier alpha value is -2.51. The number of hydrogen-bond acceptors (Lipinski definition) is 5. The molecule has 0 saturated heterocycles. The van der Waals surface area contributed by atoms with E-state index in [0.717, 1.165) is 17.1 Å². The highest BCUT2D eigenvalue weighted by Crippen LogP contribution is 2.37. The van der Waals surface area contributed by atoms with Crippen molar-refractivity contribution < 1.29 is 4.79 Å². The van der Waals surface area contributed by atoms with E-state index in [1.807, 2.05) is 66.2 Å². The molecule has 0 radical (unpaired) electrons. The van der Waals surface area contributed by atoms with Crippen LogP contribution in [0.4, 0.5) is 5.69 Å². The van der Waals surface area contributed by atoms with Gasteiger partial charge in [0.05, 0.1) is 6.04 Å². The van der Waals surface area contributed by atoms with Crippen molar-refractivity contribution in [1.82, 2.24) is 14.9 Å². The number of benzene rings is 2. The number of amides is 1. The van der Waals surface area contributed by atoms with Gasteiger partial charge in [-0.1, -0.05) is 53.7 Å². The highest BCUT2D eigenvalue weighted by Gasteiger charge is 2.37. The van der Waals surface area contributed by atoms with Crippen LogP contribution >= 0.6 is 23.4 Å². The van der Waals surface area contributed by atoms with Crippen molar-refractivity contribution >= 4 is 35.0 Å². The van der Waals surface area contributed by atoms with Crippen LogP contribution in [0.2, 0.25) is 5.02 Å². The lowest BCUT2D eigenvalue weighted by Crippen LogP contribution is -2.41. The molecule has 4 rings (SSSR count). The van der Waals surface area contributed by atoms with Gasteiger partial charge in [0.25, 0.3) is 0 Å². The van der Waals surface area contributed by atoms with Crippen molar-refractivity contribution in [2.24, 2.45) is 0 Å². The van der Waals surface area contributed by atoms with E-state index in [1.165, 1.54) is 11.8 Å². The summed E-state index contributed by atoms with van der Waals surface area (Å²) in [6.45, 7) is 1.87. The third-order valence-electron chi connectivity index (χ3n) is 4.13. The molecule has 2 heterocycles. The first-order valence-corrected chi connectivity index (χ1v) is 9.34. The first-order chi connectivity index (χ1) is 12.6. The molecule has 2 atom stereocenters. The van der Waals surface area contributed by atoms with Gasteiger partial charge in [-0.3, -0.25) is 4.79 Å². The van der Waals surface area contributed by atoms with E-state index in [2.05, 4.69) is 20.9 Å². The Morgan fingerprint density at radius 3 is 2.62 bits per heavy atom. The molecule has 0 fully saturated rings. The molecule has 26 heavy (non-hydrogen) atoms. The minimum atomic E-state index is -0.410. The summed E-state index contributed by atoms with van der Waals surface area (Å²) in [5, 5.41) is 12.1. The molecule has 132 valence electrons. The molecular formula is C18H16ClN5OS. The van der Waals surface area contributed by atoms with E-state index in [4.69, 9.17) is 11.6 Å². The van der Waals surface area contributed by atoms with Crippen molar-refractivity contribution in [3.63, 3.8) is 0 Å². The van der Waals surface area contributed by atoms with Crippen LogP contribution in [0.25, 0.3) is 0 Å². The van der Waals surface area contributed by atoms with E-state index in [0.29, 0.717) is 10.2 Å². The van der Waals surface area contributed by atoms with Crippen LogP contribution in [0.15, 0.2) is 59.8 Å². The second-order valence-corrected chi connectivity index (χ2v) is 7.46. The first-order valence-electron chi connectivity index (χ1n) is 8.08. The molecule has 1 aliphatic rings. The summed E-state index contributed by atoms with van der Waals surface area (Å²) in [5.74, 6) is 0.647. The number of halogens is 1. The monoisotopic (exact) mass is 385 g/mol. The van der Waals surface area contributed by atoms with Gasteiger partial charge in [0.1, 0.15) is 11.1 Å². The summed E-state index contributed by atoms with van der Waals surface area (Å²) in [4.78, 5) is 13.0. The molecule has 2 N–H and O–H groups in total. The van der Waals surface area contributed by atoms with Gasteiger partial charge >= 0.3 is 0 Å². The van der Waals surface area contributed by atoms with Crippen LogP contribution in [0.5, 0.6) is 0 Å². The predicted molar refractivity (Wildman–Crippen MR) is 103 cm³/mol. The molecule has 2 aromatic carbocycles. The molecule has 1 amide bonds. The zero-order valence-electron chi connectivity index (χ0n) is 13.9. The number of rotatable bonds is 3. The van der Waals surface area contributed by atoms with E-state index >= 15 is 0 Å². The van der Waals surface area contributed by atoms with Crippen LogP contribution in [0, 0.1) is 6.92 Å². The fourth-order valence-corrected chi connectivity index (χ4v) is 4.07. The predicted octanol–water partition coefficient (Wildman–Crippen LogP) is 3.64. The number of carbonyl (C=O) groups excluding carboxylic acids is 1. The lowest BCUT2D eigenvalue weighted by molar-refractivity contribution is -0.116. The highest BCUT2D eigenvalue weighted by atomic mass is 35.5. The Morgan fingerprint density at radius 1 is 1.15 bits per heavy atom. The summed E-state index contributed by atoms with van der Waals surface area (Å²) < 4.78 is 1.82. The fourth-order valence-electron chi connectivity index (χ4n) is 2.82. The average Bonchev–Trinajstić information content (AvgIpc) is 3.02. The number of nitrogens with one attached hydrogen (secondary N) is 2. The van der Waals surface area contributed by atoms with Crippen LogP contribution in [0.3, 0.4) is 0 Å². The summed E-state index contributed by atoms with van der Waals surface area (Å²) >= 11 is 7.41. The normalized spacial score (nSPS) is 18.7. The van der Waals surface area contributed by atoms with Gasteiger partial charge in [0.15, 0.2) is 0 Å². The Labute approximate surface area is 159 Å². The second-order valence-electron chi connectivity index (χ2n) is 5.92. The topological polar surface area (TPSA) is 71.8 Å². The maximum absolute atomic E-state index is 13.0. The zero-order chi connectivity index (χ0) is 18.1. The van der Waals surface area contributed by atoms with Crippen LogP contribution in [-0.4, -0.2) is 26.0 Å². The molecule has 1 aromatic heterocycles. The fraction of sp³-hybridized carbons (Fsp3) is 0.167. The molecule has 0 aliphatic carbocycles. The Bertz CT molecular complexity index is 929. The number of hydrogen-bond donors (Lipinski definition) is 2. The highest BCUT2D eigenvalue weighted by molar-refractivity contribution is 8.00. The maximum atomic E-state index is 13.0. The number of thioether (sulfide) groups is 1. The summed E-state index contributed by atoms with van der Waals surface area (Å²) in [6, 6.07) is 16.7. The maximum Gasteiger partial charge on any atom is 0.240 e. The van der Waals surface area contributed by atoms with Crippen LogP contribution in [0.1, 0.15) is 17.4 Å². The van der Waals surface area contributed by atoms with Crippen molar-refractivity contribution in [2.45, 2.75) is 23.4 Å². The number of anilines is 1. The van der Waals surface area contributed by atoms with Gasteiger partial charge in [-0.2, -0.15) is 0 Å². The molecule has 8 heteroatoms. The van der Waals surface area contributed by atoms with Crippen LogP contribution in [-0.2, 0) is 4.79 Å². The van der Waals surface area contributed by atoms with Crippen molar-refractivity contribution in [2.75, 3.05) is 10.7 Å². The number of aromatic nitrogens is 3. The Balaban J connectivity index is 1.67. The largest absolute Gasteiger partial charge is 0.325 e. The van der Waals surface area contributed by atoms with Crippen LogP contribution < -0.4 is 10.7 Å². The lowest BCUT2D eigenvalue weighted by atomic mass is 10.0. The third kappa shape index (κ3) is 3.27. The van der Waals surface area contributed by atoms with Gasteiger partial charge in [-0.05, 0) is 36.8 Å². The number of nitrogens with zero attached hydrogens (tertiary/aromatic N) is 3. The van der Waals surface area contributed by atoms with Crippen molar-refractivity contribution in [1.29, 1.82) is 0 Å². The number of fused-ring (bicyclic) bond motifs is 1. The average molecular weight is 386 g/mol. The summed E-state index contributed by atoms with van der Waals surface area (Å²) in [5.41, 5.74) is 5.09. The number of carbonyl (C=O) groups is 1. The minimum Gasteiger partial charge on any atom is -0.325 e. The molecule has 1 aliphatic heterocycles. The molecule has 0 spiro atoms. The van der Waals surface area contributed by atoms with E-state index < -0.39 is 5.25 Å². The lowest BCUT2D eigenvalue weighted by Gasteiger charge is -2.32. The Morgan fingerprint density at radius 2 is 1.88 bits per heavy atom. The van der Waals surface area contributed by atoms with Gasteiger partial charge in [0, 0.05) is 10.7 Å². The molecular weight excluding hydrogens is 370 g/mol. The standard InChI is InChI=1S/C18H16ClN5OS/c1-11-21-22-18-24(11)23-15(12-7-9-13(19)10-8-12)16(26-18)17(25)20-14-5-3-2-4-6-14/h2-10,15-16,23H,1H3,(H,20,25)/t15-,16+/m1/s1. The minimum absolute atomic E-state index is 0.0967. The smallest absolute Gasteiger partial charge is 0.240 e. The first kappa shape index (κ1) is 16.9. The zero-order valence-corrected chi connectivity index (χ0v) is 15.5. The van der Waals surface area contributed by atoms with Gasteiger partial charge < -0.3 is 10.7 Å². The SMILES string of the molecule is Cc1nnc2n1N[C@H](c1ccc(Cl)cc1)[C@@H](C(=O)Nc1ccccc1)S2. The van der Waals surface area contributed by atoms with E-state index in [-0.39, 0.29) is 11.9 Å². The molecule has 0 unspecified atom stereocenters. The Kier molecular flexibility index (Phi) is 4.57. The quantitative estimate of drug-likeness (QED) is 0.720. The second kappa shape index (κ2) is 7.01. The summed E-state index contributed by atoms with van der Waals surface area (Å²) in [7, 11) is 0. The molecule has 0 bridgehead atoms. The molecule has 0 saturated carbocycles. The van der Waals surface area contributed by atoms with Gasteiger partial charge in [0.2, 0.25) is 11.1 Å². The molecule has 6 nitrogen and oxygen atoms in total. The number of para-hydroxylation sites is 1.